The van der Waals surface area contributed by atoms with Gasteiger partial charge in [0.05, 0.1) is 0 Å². The lowest BCUT2D eigenvalue weighted by Gasteiger charge is -2.37. The van der Waals surface area contributed by atoms with Crippen LogP contribution in [0.2, 0.25) is 0 Å². The Hall–Kier alpha value is -2.67. The van der Waals surface area contributed by atoms with Gasteiger partial charge in [0.25, 0.3) is 0 Å². The summed E-state index contributed by atoms with van der Waals surface area (Å²) in [5.74, 6) is 1.65. The van der Waals surface area contributed by atoms with E-state index in [9.17, 15) is 0 Å². The summed E-state index contributed by atoms with van der Waals surface area (Å²) in [4.78, 5) is 10.3. The predicted octanol–water partition coefficient (Wildman–Crippen LogP) is 3.90. The first-order chi connectivity index (χ1) is 14.3. The van der Waals surface area contributed by atoms with Gasteiger partial charge in [0.2, 0.25) is 0 Å². The minimum Gasteiger partial charge on any atom is -0.355 e. The van der Waals surface area contributed by atoms with Crippen LogP contribution in [0.15, 0.2) is 59.3 Å². The molecule has 29 heavy (non-hydrogen) atoms. The van der Waals surface area contributed by atoms with Crippen LogP contribution in [-0.2, 0) is 12.0 Å². The molecular formula is C22H28N6S. The Balaban J connectivity index is 1.38. The number of pyridine rings is 1. The molecule has 0 saturated heterocycles. The predicted molar refractivity (Wildman–Crippen MR) is 119 cm³/mol. The van der Waals surface area contributed by atoms with Gasteiger partial charge in [-0.05, 0) is 48.1 Å². The molecule has 0 amide bonds. The van der Waals surface area contributed by atoms with Gasteiger partial charge >= 0.3 is 0 Å². The van der Waals surface area contributed by atoms with Crippen LogP contribution >= 0.6 is 11.3 Å². The Morgan fingerprint density at radius 3 is 2.79 bits per heavy atom. The van der Waals surface area contributed by atoms with Gasteiger partial charge in [0.1, 0.15) is 0 Å². The molecule has 3 aromatic rings. The van der Waals surface area contributed by atoms with E-state index in [4.69, 9.17) is 0 Å². The van der Waals surface area contributed by atoms with E-state index >= 15 is 0 Å². The van der Waals surface area contributed by atoms with Gasteiger partial charge in [0.15, 0.2) is 11.8 Å². The molecule has 7 heteroatoms. The molecule has 1 fully saturated rings. The normalized spacial score (nSPS) is 16.5. The average molecular weight is 409 g/mol. The summed E-state index contributed by atoms with van der Waals surface area (Å²) < 4.78 is 1.77. The Morgan fingerprint density at radius 2 is 2.07 bits per heavy atom. The lowest BCUT2D eigenvalue weighted by atomic mass is 9.73. The number of rotatable bonds is 6. The van der Waals surface area contributed by atoms with Gasteiger partial charge in [0, 0.05) is 49.0 Å². The van der Waals surface area contributed by atoms with Crippen LogP contribution in [0.3, 0.4) is 0 Å². The minimum absolute atomic E-state index is 0.230. The molecule has 4 rings (SSSR count). The standard InChI is InChI=1S/C22H28N6S/c1-23-21(25-16-18-8-12-24-20(15-18)28-13-6-11-27-28)26-17-22(9-3-2-4-10-22)19-7-5-14-29-19/h5-8,11-15H,2-4,9-10,16-17H2,1H3,(H2,23,25,26). The maximum Gasteiger partial charge on any atom is 0.191 e. The summed E-state index contributed by atoms with van der Waals surface area (Å²) >= 11 is 1.88. The molecule has 0 spiro atoms. The van der Waals surface area contributed by atoms with Crippen molar-refractivity contribution < 1.29 is 0 Å². The van der Waals surface area contributed by atoms with Gasteiger partial charge in [-0.25, -0.2) is 9.67 Å². The number of hydrogen-bond acceptors (Lipinski definition) is 4. The Kier molecular flexibility index (Phi) is 6.24. The molecule has 0 atom stereocenters. The fourth-order valence-corrected chi connectivity index (χ4v) is 5.07. The van der Waals surface area contributed by atoms with Crippen LogP contribution in [0.4, 0.5) is 0 Å². The van der Waals surface area contributed by atoms with Crippen LogP contribution < -0.4 is 10.6 Å². The molecular weight excluding hydrogens is 380 g/mol. The molecule has 2 N–H and O–H groups in total. The summed E-state index contributed by atoms with van der Waals surface area (Å²) in [7, 11) is 1.83. The van der Waals surface area contributed by atoms with Crippen molar-refractivity contribution in [2.75, 3.05) is 13.6 Å². The van der Waals surface area contributed by atoms with Gasteiger partial charge < -0.3 is 10.6 Å². The fraction of sp³-hybridized carbons (Fsp3) is 0.409. The average Bonchev–Trinajstić information content (AvgIpc) is 3.49. The number of aliphatic imine (C=N–C) groups is 1. The van der Waals surface area contributed by atoms with Crippen molar-refractivity contribution in [3.8, 4) is 5.82 Å². The molecule has 0 bridgehead atoms. The first kappa shape index (κ1) is 19.6. The van der Waals surface area contributed by atoms with Gasteiger partial charge in [-0.1, -0.05) is 25.3 Å². The fourth-order valence-electron chi connectivity index (χ4n) is 4.08. The smallest absolute Gasteiger partial charge is 0.191 e. The van der Waals surface area contributed by atoms with Crippen molar-refractivity contribution >= 4 is 17.3 Å². The summed E-state index contributed by atoms with van der Waals surface area (Å²) in [5.41, 5.74) is 1.37. The zero-order valence-corrected chi connectivity index (χ0v) is 17.7. The topological polar surface area (TPSA) is 67.1 Å². The number of hydrogen-bond donors (Lipinski definition) is 2. The third-order valence-corrected chi connectivity index (χ3v) is 6.80. The van der Waals surface area contributed by atoms with Crippen molar-refractivity contribution in [3.05, 3.63) is 64.7 Å². The maximum absolute atomic E-state index is 4.44. The third-order valence-electron chi connectivity index (χ3n) is 5.68. The van der Waals surface area contributed by atoms with Crippen LogP contribution in [0.25, 0.3) is 5.82 Å². The molecule has 6 nitrogen and oxygen atoms in total. The lowest BCUT2D eigenvalue weighted by molar-refractivity contribution is 0.296. The van der Waals surface area contributed by atoms with Gasteiger partial charge in [-0.2, -0.15) is 5.10 Å². The van der Waals surface area contributed by atoms with Crippen molar-refractivity contribution in [1.29, 1.82) is 0 Å². The maximum atomic E-state index is 4.44. The largest absolute Gasteiger partial charge is 0.355 e. The van der Waals surface area contributed by atoms with Crippen molar-refractivity contribution in [1.82, 2.24) is 25.4 Å². The van der Waals surface area contributed by atoms with Crippen LogP contribution in [0, 0.1) is 0 Å². The van der Waals surface area contributed by atoms with Crippen LogP contribution in [0.1, 0.15) is 42.5 Å². The molecule has 3 aromatic heterocycles. The van der Waals surface area contributed by atoms with Crippen LogP contribution in [-0.4, -0.2) is 34.3 Å². The summed E-state index contributed by atoms with van der Waals surface area (Å²) in [6.07, 6.45) is 11.9. The van der Waals surface area contributed by atoms with Crippen molar-refractivity contribution in [3.63, 3.8) is 0 Å². The zero-order chi connectivity index (χ0) is 19.9. The van der Waals surface area contributed by atoms with E-state index in [1.54, 1.807) is 10.9 Å². The van der Waals surface area contributed by atoms with E-state index in [0.717, 1.165) is 23.9 Å². The second kappa shape index (κ2) is 9.22. The quantitative estimate of drug-likeness (QED) is 0.480. The molecule has 3 heterocycles. The highest BCUT2D eigenvalue weighted by molar-refractivity contribution is 7.10. The molecule has 0 radical (unpaired) electrons. The van der Waals surface area contributed by atoms with Gasteiger partial charge in [-0.3, -0.25) is 4.99 Å². The van der Waals surface area contributed by atoms with E-state index in [-0.39, 0.29) is 5.41 Å². The summed E-state index contributed by atoms with van der Waals surface area (Å²) in [6, 6.07) is 10.4. The van der Waals surface area contributed by atoms with E-state index in [2.05, 4.69) is 43.2 Å². The number of guanidine groups is 1. The number of thiophene rings is 1. The minimum atomic E-state index is 0.230. The lowest BCUT2D eigenvalue weighted by Crippen LogP contribution is -2.46. The highest BCUT2D eigenvalue weighted by atomic mass is 32.1. The number of aromatic nitrogens is 3. The first-order valence-corrected chi connectivity index (χ1v) is 11.1. The molecule has 1 saturated carbocycles. The van der Waals surface area contributed by atoms with E-state index in [1.807, 2.05) is 49.0 Å². The Morgan fingerprint density at radius 1 is 1.17 bits per heavy atom. The second-order valence-electron chi connectivity index (χ2n) is 7.57. The first-order valence-electron chi connectivity index (χ1n) is 10.2. The van der Waals surface area contributed by atoms with Crippen molar-refractivity contribution in [2.45, 2.75) is 44.1 Å². The Bertz CT molecular complexity index is 911. The van der Waals surface area contributed by atoms with E-state index in [1.165, 1.54) is 37.0 Å². The summed E-state index contributed by atoms with van der Waals surface area (Å²) in [5, 5.41) is 13.5. The van der Waals surface area contributed by atoms with Crippen molar-refractivity contribution in [2.24, 2.45) is 4.99 Å². The van der Waals surface area contributed by atoms with Crippen LogP contribution in [0.5, 0.6) is 0 Å². The molecule has 1 aliphatic rings. The highest BCUT2D eigenvalue weighted by Gasteiger charge is 2.34. The Labute approximate surface area is 176 Å². The van der Waals surface area contributed by atoms with E-state index in [0.29, 0.717) is 6.54 Å². The molecule has 1 aliphatic carbocycles. The molecule has 0 aliphatic heterocycles. The zero-order valence-electron chi connectivity index (χ0n) is 16.8. The van der Waals surface area contributed by atoms with E-state index < -0.39 is 0 Å². The number of nitrogens with one attached hydrogen (secondary N) is 2. The molecule has 152 valence electrons. The second-order valence-corrected chi connectivity index (χ2v) is 8.52. The number of nitrogens with zero attached hydrogens (tertiary/aromatic N) is 4. The third kappa shape index (κ3) is 4.67. The molecule has 0 unspecified atom stereocenters. The monoisotopic (exact) mass is 408 g/mol. The SMILES string of the molecule is CN=C(NCc1ccnc(-n2cccn2)c1)NCC1(c2cccs2)CCCCC1. The highest BCUT2D eigenvalue weighted by Crippen LogP contribution is 2.41. The van der Waals surface area contributed by atoms with Gasteiger partial charge in [-0.15, -0.1) is 11.3 Å². The summed E-state index contributed by atoms with van der Waals surface area (Å²) in [6.45, 7) is 1.60. The molecule has 0 aromatic carbocycles.